The molecule has 3 aliphatic rings. The Morgan fingerprint density at radius 1 is 0.976 bits per heavy atom. The third kappa shape index (κ3) is 4.60. The number of benzene rings is 1. The van der Waals surface area contributed by atoms with Gasteiger partial charge in [0.05, 0.1) is 11.7 Å². The molecule has 0 aromatic heterocycles. The van der Waals surface area contributed by atoms with Crippen molar-refractivity contribution in [3.63, 3.8) is 0 Å². The summed E-state index contributed by atoms with van der Waals surface area (Å²) in [6.07, 6.45) is -5.78. The van der Waals surface area contributed by atoms with Crippen molar-refractivity contribution in [2.24, 2.45) is 28.1 Å². The molecule has 0 saturated heterocycles. The summed E-state index contributed by atoms with van der Waals surface area (Å²) in [6, 6.07) is 8.08. The fourth-order valence-corrected chi connectivity index (χ4v) is 8.05. The molecule has 0 unspecified atom stereocenters. The van der Waals surface area contributed by atoms with Gasteiger partial charge in [-0.2, -0.15) is 0 Å². The molecule has 3 aliphatic carbocycles. The molecular formula is C31H40O10. The Morgan fingerprint density at radius 3 is 2.10 bits per heavy atom. The van der Waals surface area contributed by atoms with E-state index in [0.29, 0.717) is 0 Å². The molecule has 0 heterocycles. The molecule has 1 aromatic rings. The smallest absolute Gasteiger partial charge is 0.338 e. The fraction of sp³-hybridized carbons (Fsp3) is 0.613. The molecule has 3 fully saturated rings. The molecule has 224 valence electrons. The Kier molecular flexibility index (Phi) is 7.77. The maximum Gasteiger partial charge on any atom is 0.338 e. The lowest BCUT2D eigenvalue weighted by molar-refractivity contribution is -0.313. The zero-order valence-corrected chi connectivity index (χ0v) is 24.3. The van der Waals surface area contributed by atoms with Gasteiger partial charge in [-0.05, 0) is 43.2 Å². The minimum absolute atomic E-state index is 0.106. The Bertz CT molecular complexity index is 1240. The second kappa shape index (κ2) is 10.3. The number of rotatable bonds is 5. The lowest BCUT2D eigenvalue weighted by atomic mass is 9.39. The molecule has 0 aliphatic heterocycles. The molecule has 10 heteroatoms. The molecule has 41 heavy (non-hydrogen) atoms. The van der Waals surface area contributed by atoms with Crippen molar-refractivity contribution >= 4 is 23.7 Å². The normalized spacial score (nSPS) is 41.3. The van der Waals surface area contributed by atoms with Crippen LogP contribution in [0.4, 0.5) is 0 Å². The van der Waals surface area contributed by atoms with Crippen LogP contribution in [0.1, 0.15) is 64.7 Å². The molecular weight excluding hydrogens is 532 g/mol. The highest BCUT2D eigenvalue weighted by atomic mass is 16.6. The Hall–Kier alpha value is -3.08. The summed E-state index contributed by atoms with van der Waals surface area (Å²) in [5.41, 5.74) is -6.14. The number of ether oxygens (including phenoxy) is 3. The number of esters is 3. The van der Waals surface area contributed by atoms with E-state index in [4.69, 9.17) is 14.2 Å². The summed E-state index contributed by atoms with van der Waals surface area (Å²) >= 11 is 0. The van der Waals surface area contributed by atoms with Crippen molar-refractivity contribution in [2.45, 2.75) is 90.5 Å². The first-order valence-corrected chi connectivity index (χ1v) is 13.8. The van der Waals surface area contributed by atoms with Gasteiger partial charge in [0.2, 0.25) is 0 Å². The number of ketones is 1. The molecule has 4 rings (SSSR count). The van der Waals surface area contributed by atoms with Gasteiger partial charge in [-0.15, -0.1) is 6.58 Å². The molecule has 3 saturated carbocycles. The summed E-state index contributed by atoms with van der Waals surface area (Å²) in [5, 5.41) is 35.8. The van der Waals surface area contributed by atoms with Gasteiger partial charge in [-0.25, -0.2) is 4.79 Å². The van der Waals surface area contributed by atoms with Crippen LogP contribution in [-0.2, 0) is 28.6 Å². The average molecular weight is 573 g/mol. The Balaban J connectivity index is 1.98. The zero-order valence-electron chi connectivity index (χ0n) is 24.3. The van der Waals surface area contributed by atoms with E-state index in [0.717, 1.165) is 13.8 Å². The molecule has 10 nitrogen and oxygen atoms in total. The number of Topliss-reactive ketones (excluding diaryl/α,β-unsaturated/α-hetero) is 1. The van der Waals surface area contributed by atoms with Gasteiger partial charge in [-0.3, -0.25) is 14.4 Å². The van der Waals surface area contributed by atoms with E-state index < -0.39 is 87.9 Å². The number of fused-ring (bicyclic) bond motifs is 3. The maximum absolute atomic E-state index is 14.2. The Morgan fingerprint density at radius 2 is 1.56 bits per heavy atom. The Labute approximate surface area is 239 Å². The van der Waals surface area contributed by atoms with Gasteiger partial charge < -0.3 is 29.5 Å². The van der Waals surface area contributed by atoms with Crippen LogP contribution in [0, 0.1) is 28.1 Å². The van der Waals surface area contributed by atoms with Crippen LogP contribution in [0.2, 0.25) is 0 Å². The minimum Gasteiger partial charge on any atom is -0.459 e. The first-order valence-electron chi connectivity index (χ1n) is 13.8. The van der Waals surface area contributed by atoms with E-state index in [2.05, 4.69) is 6.58 Å². The first-order chi connectivity index (χ1) is 19.0. The largest absolute Gasteiger partial charge is 0.459 e. The fourth-order valence-electron chi connectivity index (χ4n) is 8.05. The number of hydrogen-bond acceptors (Lipinski definition) is 10. The number of hydrogen-bond donors (Lipinski definition) is 3. The van der Waals surface area contributed by atoms with Crippen LogP contribution in [-0.4, -0.2) is 75.1 Å². The summed E-state index contributed by atoms with van der Waals surface area (Å²) < 4.78 is 17.3. The van der Waals surface area contributed by atoms with Crippen LogP contribution in [0.5, 0.6) is 0 Å². The second-order valence-corrected chi connectivity index (χ2v) is 12.8. The number of allylic oxidation sites excluding steroid dienone is 1. The van der Waals surface area contributed by atoms with Crippen molar-refractivity contribution in [1.82, 2.24) is 0 Å². The average Bonchev–Trinajstić information content (AvgIpc) is 2.89. The highest BCUT2D eigenvalue weighted by molar-refractivity contribution is 5.96. The first kappa shape index (κ1) is 30.9. The summed E-state index contributed by atoms with van der Waals surface area (Å²) in [7, 11) is 0. The lowest BCUT2D eigenvalue weighted by Gasteiger charge is -2.68. The molecule has 10 atom stereocenters. The monoisotopic (exact) mass is 572 g/mol. The van der Waals surface area contributed by atoms with Gasteiger partial charge in [-0.1, -0.05) is 45.0 Å². The van der Waals surface area contributed by atoms with Crippen molar-refractivity contribution in [2.75, 3.05) is 0 Å². The summed E-state index contributed by atoms with van der Waals surface area (Å²) in [4.78, 5) is 52.2. The van der Waals surface area contributed by atoms with Crippen molar-refractivity contribution < 1.29 is 48.7 Å². The van der Waals surface area contributed by atoms with E-state index in [9.17, 15) is 34.5 Å². The lowest BCUT2D eigenvalue weighted by Crippen LogP contribution is -2.80. The summed E-state index contributed by atoms with van der Waals surface area (Å²) in [5.74, 6) is -5.00. The SMILES string of the molecule is C=C[C@]1(C)C[C@H](O)[C@@H]2[C@@](O)(C1=O)[C@@H](OC(C)=O)C[C@@H]1C(C)(C)[C@@H](O)[C@@H](OC(C)=O)[C@@H](OC(=O)c3ccccc3)[C@]12C. The van der Waals surface area contributed by atoms with Gasteiger partial charge in [0.25, 0.3) is 0 Å². The highest BCUT2D eigenvalue weighted by Crippen LogP contribution is 2.67. The number of carbonyl (C=O) groups excluding carboxylic acids is 4. The quantitative estimate of drug-likeness (QED) is 0.272. The van der Waals surface area contributed by atoms with Crippen LogP contribution in [0.15, 0.2) is 43.0 Å². The van der Waals surface area contributed by atoms with Crippen LogP contribution >= 0.6 is 0 Å². The van der Waals surface area contributed by atoms with Gasteiger partial charge in [0.15, 0.2) is 17.5 Å². The van der Waals surface area contributed by atoms with E-state index in [1.807, 2.05) is 0 Å². The molecule has 1 aromatic carbocycles. The predicted molar refractivity (Wildman–Crippen MR) is 145 cm³/mol. The standard InChI is InChI=1S/C31H40O10/c1-8-29(6)15-19(34)23-30(7)20(14-21(39-16(2)32)31(23,38)27(29)37)28(4,5)24(35)22(40-17(3)33)25(30)41-26(36)18-12-10-9-11-13-18/h8-13,19-25,34-35,38H,1,14-15H2,2-7H3/t19-,20+,21-,22+,23-,24-,25+,29+,30+,31+/m0/s1. The van der Waals surface area contributed by atoms with Crippen molar-refractivity contribution in [3.05, 3.63) is 48.6 Å². The molecule has 0 radical (unpaired) electrons. The van der Waals surface area contributed by atoms with E-state index in [1.165, 1.54) is 18.2 Å². The van der Waals surface area contributed by atoms with E-state index in [-0.39, 0.29) is 18.4 Å². The van der Waals surface area contributed by atoms with E-state index >= 15 is 0 Å². The van der Waals surface area contributed by atoms with Crippen LogP contribution in [0.3, 0.4) is 0 Å². The maximum atomic E-state index is 14.2. The van der Waals surface area contributed by atoms with Crippen molar-refractivity contribution in [3.8, 4) is 0 Å². The molecule has 3 N–H and O–H groups in total. The third-order valence-electron chi connectivity index (χ3n) is 9.92. The van der Waals surface area contributed by atoms with Crippen LogP contribution < -0.4 is 0 Å². The molecule has 0 spiro atoms. The van der Waals surface area contributed by atoms with Gasteiger partial charge in [0.1, 0.15) is 18.3 Å². The third-order valence-corrected chi connectivity index (χ3v) is 9.92. The zero-order chi connectivity index (χ0) is 30.7. The number of aliphatic hydroxyl groups excluding tert-OH is 2. The van der Waals surface area contributed by atoms with Crippen molar-refractivity contribution in [1.29, 1.82) is 0 Å². The molecule has 0 bridgehead atoms. The van der Waals surface area contributed by atoms with Gasteiger partial charge >= 0.3 is 17.9 Å². The second-order valence-electron chi connectivity index (χ2n) is 12.8. The number of carbonyl (C=O) groups is 4. The minimum atomic E-state index is -2.42. The summed E-state index contributed by atoms with van der Waals surface area (Å²) in [6.45, 7) is 12.7. The topological polar surface area (TPSA) is 157 Å². The van der Waals surface area contributed by atoms with Gasteiger partial charge in [0, 0.05) is 30.6 Å². The number of aliphatic hydroxyl groups is 3. The molecule has 0 amide bonds. The predicted octanol–water partition coefficient (Wildman–Crippen LogP) is 2.38. The highest BCUT2D eigenvalue weighted by Gasteiger charge is 2.77. The van der Waals surface area contributed by atoms with Crippen LogP contribution in [0.25, 0.3) is 0 Å². The van der Waals surface area contributed by atoms with E-state index in [1.54, 1.807) is 45.9 Å².